The number of aromatic amines is 1. The first-order valence-corrected chi connectivity index (χ1v) is 9.33. The molecule has 1 fully saturated rings. The molecule has 1 amide bonds. The van der Waals surface area contributed by atoms with E-state index in [0.29, 0.717) is 30.2 Å². The number of benzene rings is 2. The summed E-state index contributed by atoms with van der Waals surface area (Å²) in [6.07, 6.45) is 1.54. The van der Waals surface area contributed by atoms with Crippen LogP contribution in [-0.2, 0) is 0 Å². The Balaban J connectivity index is 1.45. The van der Waals surface area contributed by atoms with Crippen molar-refractivity contribution in [2.24, 2.45) is 0 Å². The molecule has 7 heteroatoms. The van der Waals surface area contributed by atoms with Crippen LogP contribution in [-0.4, -0.2) is 45.8 Å². The summed E-state index contributed by atoms with van der Waals surface area (Å²) in [4.78, 5) is 29.7. The van der Waals surface area contributed by atoms with Crippen LogP contribution in [0.4, 0.5) is 0 Å². The lowest BCUT2D eigenvalue weighted by molar-refractivity contribution is 0.0711. The maximum atomic E-state index is 12.6. The molecule has 0 saturated carbocycles. The Morgan fingerprint density at radius 2 is 1.75 bits per heavy atom. The van der Waals surface area contributed by atoms with Crippen LogP contribution < -0.4 is 10.4 Å². The topological polar surface area (TPSA) is 80.2 Å². The molecule has 3 aromatic rings. The van der Waals surface area contributed by atoms with Gasteiger partial charge in [0.05, 0.1) is 12.8 Å². The molecule has 2 heterocycles. The van der Waals surface area contributed by atoms with E-state index in [1.165, 1.54) is 4.68 Å². The second kappa shape index (κ2) is 7.72. The van der Waals surface area contributed by atoms with Gasteiger partial charge in [0.2, 0.25) is 0 Å². The molecule has 4 rings (SSSR count). The maximum absolute atomic E-state index is 12.6. The number of nitrogens with one attached hydrogen (secondary N) is 1. The quantitative estimate of drug-likeness (QED) is 0.757. The Bertz CT molecular complexity index is 1000. The smallest absolute Gasteiger partial charge is 0.348 e. The molecule has 7 nitrogen and oxygen atoms in total. The summed E-state index contributed by atoms with van der Waals surface area (Å²) in [6.45, 7) is 1.30. The highest BCUT2D eigenvalue weighted by Crippen LogP contribution is 2.26. The fourth-order valence-corrected chi connectivity index (χ4v) is 3.54. The van der Waals surface area contributed by atoms with E-state index in [1.54, 1.807) is 31.4 Å². The van der Waals surface area contributed by atoms with Gasteiger partial charge in [-0.25, -0.2) is 4.79 Å². The van der Waals surface area contributed by atoms with Crippen LogP contribution in [0.5, 0.6) is 5.75 Å². The first-order chi connectivity index (χ1) is 13.7. The molecule has 0 atom stereocenters. The number of piperidine rings is 1. The van der Waals surface area contributed by atoms with E-state index in [1.807, 2.05) is 35.2 Å². The minimum absolute atomic E-state index is 0.0521. The zero-order valence-electron chi connectivity index (χ0n) is 15.7. The van der Waals surface area contributed by atoms with Gasteiger partial charge in [-0.15, -0.1) is 5.10 Å². The SMILES string of the molecule is COc1ccc(-n2nc(C3CCN(C(=O)c4ccccc4)CC3)[nH]c2=O)cc1. The highest BCUT2D eigenvalue weighted by molar-refractivity contribution is 5.94. The normalized spacial score (nSPS) is 14.8. The van der Waals surface area contributed by atoms with E-state index in [2.05, 4.69) is 10.1 Å². The Kier molecular flexibility index (Phi) is 4.97. The number of aromatic nitrogens is 3. The molecule has 0 bridgehead atoms. The predicted octanol–water partition coefficient (Wildman–Crippen LogP) is 2.59. The number of carbonyl (C=O) groups excluding carboxylic acids is 1. The first kappa shape index (κ1) is 18.0. The highest BCUT2D eigenvalue weighted by Gasteiger charge is 2.27. The van der Waals surface area contributed by atoms with Gasteiger partial charge in [-0.1, -0.05) is 18.2 Å². The highest BCUT2D eigenvalue weighted by atomic mass is 16.5. The third-order valence-corrected chi connectivity index (χ3v) is 5.14. The van der Waals surface area contributed by atoms with Gasteiger partial charge in [-0.05, 0) is 49.2 Å². The second-order valence-electron chi connectivity index (χ2n) is 6.86. The maximum Gasteiger partial charge on any atom is 0.348 e. The van der Waals surface area contributed by atoms with E-state index in [-0.39, 0.29) is 17.5 Å². The molecule has 2 aromatic carbocycles. The number of nitrogens with zero attached hydrogens (tertiary/aromatic N) is 3. The van der Waals surface area contributed by atoms with Gasteiger partial charge in [-0.3, -0.25) is 9.78 Å². The van der Waals surface area contributed by atoms with E-state index in [0.717, 1.165) is 18.6 Å². The third-order valence-electron chi connectivity index (χ3n) is 5.14. The molecule has 1 aliphatic rings. The predicted molar refractivity (Wildman–Crippen MR) is 105 cm³/mol. The van der Waals surface area contributed by atoms with E-state index in [4.69, 9.17) is 4.74 Å². The van der Waals surface area contributed by atoms with Crippen molar-refractivity contribution >= 4 is 5.91 Å². The number of H-pyrrole nitrogens is 1. The number of amides is 1. The zero-order chi connectivity index (χ0) is 19.5. The van der Waals surface area contributed by atoms with Crippen molar-refractivity contribution in [3.05, 3.63) is 76.5 Å². The summed E-state index contributed by atoms with van der Waals surface area (Å²) in [5.74, 6) is 1.58. The number of carbonyl (C=O) groups is 1. The van der Waals surface area contributed by atoms with Crippen molar-refractivity contribution in [1.29, 1.82) is 0 Å². The van der Waals surface area contributed by atoms with E-state index >= 15 is 0 Å². The van der Waals surface area contributed by atoms with Gasteiger partial charge in [-0.2, -0.15) is 4.68 Å². The Morgan fingerprint density at radius 1 is 1.07 bits per heavy atom. The van der Waals surface area contributed by atoms with Crippen LogP contribution in [0.1, 0.15) is 34.9 Å². The van der Waals surface area contributed by atoms with Crippen molar-refractivity contribution in [2.75, 3.05) is 20.2 Å². The molecule has 1 N–H and O–H groups in total. The summed E-state index contributed by atoms with van der Waals surface area (Å²) in [7, 11) is 1.60. The van der Waals surface area contributed by atoms with Crippen LogP contribution in [0.15, 0.2) is 59.4 Å². The Hall–Kier alpha value is -3.35. The summed E-state index contributed by atoms with van der Waals surface area (Å²) in [6, 6.07) is 16.5. The molecule has 0 radical (unpaired) electrons. The van der Waals surface area contributed by atoms with Crippen LogP contribution in [0, 0.1) is 0 Å². The molecule has 1 aliphatic heterocycles. The number of hydrogen-bond donors (Lipinski definition) is 1. The molecular weight excluding hydrogens is 356 g/mol. The van der Waals surface area contributed by atoms with Gasteiger partial charge in [0.1, 0.15) is 11.6 Å². The molecule has 1 saturated heterocycles. The van der Waals surface area contributed by atoms with Crippen LogP contribution in [0.2, 0.25) is 0 Å². The molecule has 144 valence electrons. The summed E-state index contributed by atoms with van der Waals surface area (Å²) in [5, 5.41) is 4.49. The lowest BCUT2D eigenvalue weighted by atomic mass is 9.95. The monoisotopic (exact) mass is 378 g/mol. The van der Waals surface area contributed by atoms with Gasteiger partial charge in [0.25, 0.3) is 5.91 Å². The standard InChI is InChI=1S/C21H22N4O3/c1-28-18-9-7-17(8-10-18)25-21(27)22-19(23-25)15-11-13-24(14-12-15)20(26)16-5-3-2-4-6-16/h2-10,15H,11-14H2,1H3,(H,22,23,27). The minimum Gasteiger partial charge on any atom is -0.497 e. The minimum atomic E-state index is -0.261. The number of rotatable bonds is 4. The summed E-state index contributed by atoms with van der Waals surface area (Å²) >= 11 is 0. The van der Waals surface area contributed by atoms with Crippen LogP contribution >= 0.6 is 0 Å². The fraction of sp³-hybridized carbons (Fsp3) is 0.286. The van der Waals surface area contributed by atoms with E-state index in [9.17, 15) is 9.59 Å². The Labute approximate surface area is 162 Å². The lowest BCUT2D eigenvalue weighted by Crippen LogP contribution is -2.38. The average Bonchev–Trinajstić information content (AvgIpc) is 3.15. The van der Waals surface area contributed by atoms with Crippen molar-refractivity contribution in [3.63, 3.8) is 0 Å². The number of ether oxygens (including phenoxy) is 1. The van der Waals surface area contributed by atoms with Crippen molar-refractivity contribution in [3.8, 4) is 11.4 Å². The molecule has 1 aromatic heterocycles. The van der Waals surface area contributed by atoms with Crippen LogP contribution in [0.3, 0.4) is 0 Å². The largest absolute Gasteiger partial charge is 0.497 e. The van der Waals surface area contributed by atoms with Crippen LogP contribution in [0.25, 0.3) is 5.69 Å². The first-order valence-electron chi connectivity index (χ1n) is 9.33. The average molecular weight is 378 g/mol. The van der Waals surface area contributed by atoms with Crippen molar-refractivity contribution in [1.82, 2.24) is 19.7 Å². The molecule has 0 spiro atoms. The van der Waals surface area contributed by atoms with Crippen molar-refractivity contribution < 1.29 is 9.53 Å². The van der Waals surface area contributed by atoms with Gasteiger partial charge in [0.15, 0.2) is 0 Å². The summed E-state index contributed by atoms with van der Waals surface area (Å²) in [5.41, 5.74) is 1.13. The number of hydrogen-bond acceptors (Lipinski definition) is 4. The second-order valence-corrected chi connectivity index (χ2v) is 6.86. The number of methoxy groups -OCH3 is 1. The molecule has 0 aliphatic carbocycles. The zero-order valence-corrected chi connectivity index (χ0v) is 15.7. The third kappa shape index (κ3) is 3.55. The van der Waals surface area contributed by atoms with Gasteiger partial charge >= 0.3 is 5.69 Å². The number of likely N-dealkylation sites (tertiary alicyclic amines) is 1. The van der Waals surface area contributed by atoms with Gasteiger partial charge in [0, 0.05) is 24.6 Å². The van der Waals surface area contributed by atoms with Crippen molar-refractivity contribution in [2.45, 2.75) is 18.8 Å². The molecular formula is C21H22N4O3. The fourth-order valence-electron chi connectivity index (χ4n) is 3.54. The summed E-state index contributed by atoms with van der Waals surface area (Å²) < 4.78 is 6.52. The van der Waals surface area contributed by atoms with E-state index < -0.39 is 0 Å². The Morgan fingerprint density at radius 3 is 2.39 bits per heavy atom. The molecule has 28 heavy (non-hydrogen) atoms. The van der Waals surface area contributed by atoms with Gasteiger partial charge < -0.3 is 9.64 Å². The molecule has 0 unspecified atom stereocenters. The lowest BCUT2D eigenvalue weighted by Gasteiger charge is -2.31.